The molecule has 0 saturated heterocycles. The van der Waals surface area contributed by atoms with Gasteiger partial charge in [0, 0.05) is 12.2 Å². The summed E-state index contributed by atoms with van der Waals surface area (Å²) in [5.74, 6) is -0.0934. The first-order chi connectivity index (χ1) is 9.67. The molecule has 0 unspecified atom stereocenters. The lowest BCUT2D eigenvalue weighted by Gasteiger charge is -2.21. The molecule has 0 atom stereocenters. The van der Waals surface area contributed by atoms with Gasteiger partial charge >= 0.3 is 0 Å². The molecule has 2 aromatic rings. The zero-order valence-corrected chi connectivity index (χ0v) is 11.5. The highest BCUT2D eigenvalue weighted by atomic mass is 16.2. The van der Waals surface area contributed by atoms with Crippen LogP contribution in [-0.4, -0.2) is 33.7 Å². The Bertz CT molecular complexity index is 607. The monoisotopic (exact) mass is 272 g/mol. The predicted octanol–water partition coefficient (Wildman–Crippen LogP) is 1.45. The van der Waals surface area contributed by atoms with Crippen LogP contribution in [0.2, 0.25) is 0 Å². The lowest BCUT2D eigenvalue weighted by atomic mass is 10.3. The number of carbonyl (C=O) groups excluding carboxylic acids is 2. The van der Waals surface area contributed by atoms with Gasteiger partial charge in [0.1, 0.15) is 12.2 Å². The molecule has 6 heteroatoms. The molecule has 20 heavy (non-hydrogen) atoms. The minimum atomic E-state index is -0.0934. The average molecular weight is 272 g/mol. The average Bonchev–Trinajstić information content (AvgIpc) is 2.81. The summed E-state index contributed by atoms with van der Waals surface area (Å²) in [7, 11) is 0. The van der Waals surface area contributed by atoms with Crippen LogP contribution in [0.5, 0.6) is 0 Å². The van der Waals surface area contributed by atoms with Crippen molar-refractivity contribution in [3.05, 3.63) is 41.7 Å². The first-order valence-corrected chi connectivity index (χ1v) is 6.38. The van der Waals surface area contributed by atoms with Crippen LogP contribution in [0, 0.1) is 6.92 Å². The number of nitrogens with zero attached hydrogens (tertiary/aromatic N) is 4. The molecular weight excluding hydrogens is 256 g/mol. The highest BCUT2D eigenvalue weighted by molar-refractivity contribution is 5.93. The number of aromatic nitrogens is 3. The van der Waals surface area contributed by atoms with E-state index in [2.05, 4.69) is 10.3 Å². The van der Waals surface area contributed by atoms with Crippen LogP contribution in [0.25, 0.3) is 0 Å². The second kappa shape index (κ2) is 6.10. The van der Waals surface area contributed by atoms with E-state index in [1.807, 2.05) is 37.3 Å². The Morgan fingerprint density at radius 2 is 2.05 bits per heavy atom. The fourth-order valence-electron chi connectivity index (χ4n) is 1.96. The Morgan fingerprint density at radius 1 is 1.35 bits per heavy atom. The van der Waals surface area contributed by atoms with Gasteiger partial charge in [-0.25, -0.2) is 4.68 Å². The number of hydrogen-bond acceptors (Lipinski definition) is 4. The molecule has 104 valence electrons. The number of benzene rings is 1. The second-order valence-corrected chi connectivity index (χ2v) is 4.31. The summed E-state index contributed by atoms with van der Waals surface area (Å²) in [6, 6.07) is 9.44. The molecule has 0 aliphatic rings. The molecular formula is C14H16N4O2. The highest BCUT2D eigenvalue weighted by Gasteiger charge is 2.17. The number of carbonyl (C=O) groups is 2. The molecule has 1 aromatic carbocycles. The molecule has 0 bridgehead atoms. The second-order valence-electron chi connectivity index (χ2n) is 4.31. The van der Waals surface area contributed by atoms with E-state index in [4.69, 9.17) is 0 Å². The van der Waals surface area contributed by atoms with Gasteiger partial charge < -0.3 is 4.90 Å². The molecule has 2 rings (SSSR count). The van der Waals surface area contributed by atoms with E-state index >= 15 is 0 Å². The molecule has 0 radical (unpaired) electrons. The van der Waals surface area contributed by atoms with Crippen LogP contribution in [0.1, 0.15) is 23.1 Å². The molecule has 1 heterocycles. The van der Waals surface area contributed by atoms with Crippen molar-refractivity contribution in [2.75, 3.05) is 11.4 Å². The van der Waals surface area contributed by atoms with Crippen molar-refractivity contribution in [1.82, 2.24) is 15.0 Å². The van der Waals surface area contributed by atoms with Crippen molar-refractivity contribution in [2.24, 2.45) is 0 Å². The Hall–Kier alpha value is -2.50. The number of anilines is 1. The molecule has 0 fully saturated rings. The number of amides is 1. The zero-order chi connectivity index (χ0) is 14.5. The number of likely N-dealkylation sites (N-methyl/N-ethyl adjacent to an activating group) is 1. The summed E-state index contributed by atoms with van der Waals surface area (Å²) < 4.78 is 1.44. The molecule has 6 nitrogen and oxygen atoms in total. The van der Waals surface area contributed by atoms with E-state index in [-0.39, 0.29) is 18.1 Å². The van der Waals surface area contributed by atoms with Gasteiger partial charge in [0.15, 0.2) is 6.29 Å². The SMILES string of the molecule is CCN(C(=O)Cn1nnc(C=O)c1C)c1ccccc1. The summed E-state index contributed by atoms with van der Waals surface area (Å²) >= 11 is 0. The van der Waals surface area contributed by atoms with E-state index in [0.717, 1.165) is 5.69 Å². The third kappa shape index (κ3) is 2.74. The first-order valence-electron chi connectivity index (χ1n) is 6.38. The fraction of sp³-hybridized carbons (Fsp3) is 0.286. The minimum absolute atomic E-state index is 0.0649. The fourth-order valence-corrected chi connectivity index (χ4v) is 1.96. The summed E-state index contributed by atoms with van der Waals surface area (Å²) in [6.07, 6.45) is 0.637. The van der Waals surface area contributed by atoms with Gasteiger partial charge in [-0.1, -0.05) is 23.4 Å². The van der Waals surface area contributed by atoms with Gasteiger partial charge in [0.25, 0.3) is 0 Å². The number of hydrogen-bond donors (Lipinski definition) is 0. The van der Waals surface area contributed by atoms with E-state index < -0.39 is 0 Å². The maximum absolute atomic E-state index is 12.3. The molecule has 0 saturated carbocycles. The third-order valence-corrected chi connectivity index (χ3v) is 3.10. The number of rotatable bonds is 5. The largest absolute Gasteiger partial charge is 0.311 e. The van der Waals surface area contributed by atoms with Gasteiger partial charge in [-0.05, 0) is 26.0 Å². The Morgan fingerprint density at radius 3 is 2.60 bits per heavy atom. The van der Waals surface area contributed by atoms with Crippen LogP contribution in [0.4, 0.5) is 5.69 Å². The normalized spacial score (nSPS) is 10.3. The van der Waals surface area contributed by atoms with Crippen LogP contribution in [-0.2, 0) is 11.3 Å². The van der Waals surface area contributed by atoms with Gasteiger partial charge in [-0.2, -0.15) is 0 Å². The van der Waals surface area contributed by atoms with Crippen molar-refractivity contribution >= 4 is 17.9 Å². The van der Waals surface area contributed by atoms with Crippen molar-refractivity contribution in [3.63, 3.8) is 0 Å². The zero-order valence-electron chi connectivity index (χ0n) is 11.5. The lowest BCUT2D eigenvalue weighted by Crippen LogP contribution is -2.34. The quantitative estimate of drug-likeness (QED) is 0.773. The van der Waals surface area contributed by atoms with Crippen molar-refractivity contribution in [3.8, 4) is 0 Å². The molecule has 1 aromatic heterocycles. The van der Waals surface area contributed by atoms with E-state index in [1.165, 1.54) is 4.68 Å². The van der Waals surface area contributed by atoms with Crippen molar-refractivity contribution in [1.29, 1.82) is 0 Å². The van der Waals surface area contributed by atoms with Crippen LogP contribution in [0.15, 0.2) is 30.3 Å². The topological polar surface area (TPSA) is 68.1 Å². The van der Waals surface area contributed by atoms with Gasteiger partial charge in [0.05, 0.1) is 5.69 Å². The molecule has 0 aliphatic carbocycles. The molecule has 0 spiro atoms. The molecule has 1 amide bonds. The lowest BCUT2D eigenvalue weighted by molar-refractivity contribution is -0.119. The first kappa shape index (κ1) is 13.9. The van der Waals surface area contributed by atoms with Gasteiger partial charge in [0.2, 0.25) is 5.91 Å². The number of aldehydes is 1. The smallest absolute Gasteiger partial charge is 0.248 e. The molecule has 0 N–H and O–H groups in total. The Kier molecular flexibility index (Phi) is 4.24. The van der Waals surface area contributed by atoms with Crippen molar-refractivity contribution in [2.45, 2.75) is 20.4 Å². The van der Waals surface area contributed by atoms with Crippen molar-refractivity contribution < 1.29 is 9.59 Å². The summed E-state index contributed by atoms with van der Waals surface area (Å²) in [4.78, 5) is 24.7. The maximum Gasteiger partial charge on any atom is 0.248 e. The van der Waals surface area contributed by atoms with Gasteiger partial charge in [-0.15, -0.1) is 5.10 Å². The van der Waals surface area contributed by atoms with E-state index in [1.54, 1.807) is 11.8 Å². The Labute approximate surface area is 117 Å². The van der Waals surface area contributed by atoms with Crippen LogP contribution in [0.3, 0.4) is 0 Å². The number of para-hydroxylation sites is 1. The van der Waals surface area contributed by atoms with E-state index in [0.29, 0.717) is 18.5 Å². The minimum Gasteiger partial charge on any atom is -0.311 e. The molecule has 0 aliphatic heterocycles. The standard InChI is InChI=1S/C14H16N4O2/c1-3-17(12-7-5-4-6-8-12)14(20)9-18-11(2)13(10-19)15-16-18/h4-8,10H,3,9H2,1-2H3. The van der Waals surface area contributed by atoms with E-state index in [9.17, 15) is 9.59 Å². The summed E-state index contributed by atoms with van der Waals surface area (Å²) in [5.41, 5.74) is 1.70. The third-order valence-electron chi connectivity index (χ3n) is 3.10. The summed E-state index contributed by atoms with van der Waals surface area (Å²) in [5, 5.41) is 7.54. The Balaban J connectivity index is 2.18. The van der Waals surface area contributed by atoms with Crippen LogP contribution >= 0.6 is 0 Å². The van der Waals surface area contributed by atoms with Gasteiger partial charge in [-0.3, -0.25) is 9.59 Å². The maximum atomic E-state index is 12.3. The predicted molar refractivity (Wildman–Crippen MR) is 74.6 cm³/mol. The highest BCUT2D eigenvalue weighted by Crippen LogP contribution is 2.14. The summed E-state index contributed by atoms with van der Waals surface area (Å²) in [6.45, 7) is 4.26. The van der Waals surface area contributed by atoms with Crippen LogP contribution < -0.4 is 4.90 Å².